The Hall–Kier alpha value is -1.97. The Bertz CT molecular complexity index is 539. The molecule has 3 nitrogen and oxygen atoms in total. The minimum absolute atomic E-state index is 0.235. The molecule has 0 radical (unpaired) electrons. The molecular formula is C19H22O3. The maximum absolute atomic E-state index is 11.3. The van der Waals surface area contributed by atoms with Gasteiger partial charge < -0.3 is 14.3 Å². The molecule has 22 heavy (non-hydrogen) atoms. The molecule has 0 unspecified atom stereocenters. The van der Waals surface area contributed by atoms with Crippen molar-refractivity contribution in [3.63, 3.8) is 0 Å². The average Bonchev–Trinajstić information content (AvgIpc) is 2.59. The number of hydrogen-bond acceptors (Lipinski definition) is 3. The number of carbonyl (C=O) groups is 1. The van der Waals surface area contributed by atoms with Gasteiger partial charge in [0.15, 0.2) is 6.29 Å². The van der Waals surface area contributed by atoms with E-state index >= 15 is 0 Å². The molecule has 2 atom stereocenters. The molecule has 0 aromatic heterocycles. The Morgan fingerprint density at radius 3 is 1.82 bits per heavy atom. The number of aldehydes is 1. The lowest BCUT2D eigenvalue weighted by Crippen LogP contribution is -2.32. The van der Waals surface area contributed by atoms with Gasteiger partial charge in [0.05, 0.1) is 19.3 Å². The molecule has 0 aliphatic rings. The Labute approximate surface area is 131 Å². The Balaban J connectivity index is 1.87. The molecule has 2 aromatic carbocycles. The van der Waals surface area contributed by atoms with E-state index < -0.39 is 6.10 Å². The molecular weight excluding hydrogens is 276 g/mol. The lowest BCUT2D eigenvalue weighted by molar-refractivity contribution is -0.133. The van der Waals surface area contributed by atoms with Crippen LogP contribution in [0.4, 0.5) is 0 Å². The second-order valence-corrected chi connectivity index (χ2v) is 5.14. The topological polar surface area (TPSA) is 35.5 Å². The second-order valence-electron chi connectivity index (χ2n) is 5.14. The zero-order valence-electron chi connectivity index (χ0n) is 12.9. The van der Waals surface area contributed by atoms with Crippen molar-refractivity contribution in [2.45, 2.75) is 38.8 Å². The largest absolute Gasteiger partial charge is 0.370 e. The first-order valence-corrected chi connectivity index (χ1v) is 7.59. The molecule has 0 aliphatic heterocycles. The fourth-order valence-electron chi connectivity index (χ4n) is 2.22. The Morgan fingerprint density at radius 1 is 0.864 bits per heavy atom. The van der Waals surface area contributed by atoms with E-state index in [1.807, 2.05) is 67.6 Å². The monoisotopic (exact) mass is 298 g/mol. The van der Waals surface area contributed by atoms with E-state index in [1.54, 1.807) is 0 Å². The van der Waals surface area contributed by atoms with Crippen LogP contribution in [0, 0.1) is 0 Å². The third-order valence-corrected chi connectivity index (χ3v) is 3.50. The van der Waals surface area contributed by atoms with Crippen molar-refractivity contribution in [3.05, 3.63) is 71.8 Å². The SMILES string of the molecule is CC[C@@H](OCc1ccccc1)[C@@H](C=O)OCc1ccccc1. The first-order valence-electron chi connectivity index (χ1n) is 7.59. The summed E-state index contributed by atoms with van der Waals surface area (Å²) in [5.41, 5.74) is 2.14. The zero-order valence-corrected chi connectivity index (χ0v) is 12.9. The molecule has 0 aliphatic carbocycles. The summed E-state index contributed by atoms with van der Waals surface area (Å²) in [5, 5.41) is 0. The third-order valence-electron chi connectivity index (χ3n) is 3.50. The molecule has 0 amide bonds. The summed E-state index contributed by atoms with van der Waals surface area (Å²) in [6, 6.07) is 19.8. The van der Waals surface area contributed by atoms with Gasteiger partial charge in [-0.3, -0.25) is 0 Å². The van der Waals surface area contributed by atoms with Gasteiger partial charge in [-0.1, -0.05) is 67.6 Å². The van der Waals surface area contributed by atoms with Crippen molar-refractivity contribution in [2.75, 3.05) is 0 Å². The molecule has 2 aromatic rings. The van der Waals surface area contributed by atoms with Crippen molar-refractivity contribution < 1.29 is 14.3 Å². The summed E-state index contributed by atoms with van der Waals surface area (Å²) in [6.45, 7) is 2.89. The van der Waals surface area contributed by atoms with Gasteiger partial charge >= 0.3 is 0 Å². The van der Waals surface area contributed by atoms with Crippen LogP contribution in [0.1, 0.15) is 24.5 Å². The van der Waals surface area contributed by atoms with E-state index in [0.29, 0.717) is 13.2 Å². The highest BCUT2D eigenvalue weighted by atomic mass is 16.5. The van der Waals surface area contributed by atoms with Gasteiger partial charge in [0.1, 0.15) is 6.10 Å². The van der Waals surface area contributed by atoms with E-state index in [4.69, 9.17) is 9.47 Å². The van der Waals surface area contributed by atoms with E-state index in [9.17, 15) is 4.79 Å². The van der Waals surface area contributed by atoms with E-state index in [1.165, 1.54) is 0 Å². The van der Waals surface area contributed by atoms with Crippen LogP contribution in [0.15, 0.2) is 60.7 Å². The maximum atomic E-state index is 11.3. The van der Waals surface area contributed by atoms with Crippen molar-refractivity contribution in [2.24, 2.45) is 0 Å². The van der Waals surface area contributed by atoms with Crippen molar-refractivity contribution in [3.8, 4) is 0 Å². The second kappa shape index (κ2) is 9.13. The van der Waals surface area contributed by atoms with Gasteiger partial charge in [-0.25, -0.2) is 0 Å². The van der Waals surface area contributed by atoms with E-state index in [-0.39, 0.29) is 6.10 Å². The average molecular weight is 298 g/mol. The molecule has 0 N–H and O–H groups in total. The standard InChI is InChI=1S/C19H22O3/c1-2-18(21-14-16-9-5-3-6-10-16)19(13-20)22-15-17-11-7-4-8-12-17/h3-13,18-19H,2,14-15H2,1H3/t18-,19-/m1/s1. The third kappa shape index (κ3) is 5.10. The lowest BCUT2D eigenvalue weighted by atomic mass is 10.1. The predicted molar refractivity (Wildman–Crippen MR) is 86.4 cm³/mol. The number of rotatable bonds is 9. The van der Waals surface area contributed by atoms with Crippen LogP contribution in [0.3, 0.4) is 0 Å². The number of carbonyl (C=O) groups excluding carboxylic acids is 1. The van der Waals surface area contributed by atoms with Crippen molar-refractivity contribution >= 4 is 6.29 Å². The molecule has 2 rings (SSSR count). The van der Waals surface area contributed by atoms with Crippen molar-refractivity contribution in [1.82, 2.24) is 0 Å². The van der Waals surface area contributed by atoms with Gasteiger partial charge in [0.25, 0.3) is 0 Å². The molecule has 0 saturated carbocycles. The van der Waals surface area contributed by atoms with E-state index in [0.717, 1.165) is 23.8 Å². The molecule has 116 valence electrons. The van der Waals surface area contributed by atoms with Crippen LogP contribution < -0.4 is 0 Å². The number of benzene rings is 2. The highest BCUT2D eigenvalue weighted by Crippen LogP contribution is 2.13. The summed E-state index contributed by atoms with van der Waals surface area (Å²) in [5.74, 6) is 0. The Morgan fingerprint density at radius 2 is 1.36 bits per heavy atom. The summed E-state index contributed by atoms with van der Waals surface area (Å²) in [4.78, 5) is 11.3. The van der Waals surface area contributed by atoms with Crippen molar-refractivity contribution in [1.29, 1.82) is 0 Å². The highest BCUT2D eigenvalue weighted by molar-refractivity contribution is 5.57. The smallest absolute Gasteiger partial charge is 0.151 e. The number of hydrogen-bond donors (Lipinski definition) is 0. The van der Waals surface area contributed by atoms with Crippen LogP contribution in [-0.4, -0.2) is 18.5 Å². The minimum Gasteiger partial charge on any atom is -0.370 e. The normalized spacial score (nSPS) is 13.5. The van der Waals surface area contributed by atoms with Crippen LogP contribution in [-0.2, 0) is 27.5 Å². The highest BCUT2D eigenvalue weighted by Gasteiger charge is 2.21. The fourth-order valence-corrected chi connectivity index (χ4v) is 2.22. The fraction of sp³-hybridized carbons (Fsp3) is 0.316. The molecule has 0 heterocycles. The molecule has 0 bridgehead atoms. The van der Waals surface area contributed by atoms with Gasteiger partial charge in [-0.15, -0.1) is 0 Å². The lowest BCUT2D eigenvalue weighted by Gasteiger charge is -2.22. The molecule has 0 saturated heterocycles. The molecule has 0 fully saturated rings. The summed E-state index contributed by atoms with van der Waals surface area (Å²) in [6.07, 6.45) is 0.781. The zero-order chi connectivity index (χ0) is 15.6. The van der Waals surface area contributed by atoms with E-state index in [2.05, 4.69) is 0 Å². The first kappa shape index (κ1) is 16.4. The first-order chi connectivity index (χ1) is 10.8. The number of ether oxygens (including phenoxy) is 2. The summed E-state index contributed by atoms with van der Waals surface area (Å²) < 4.78 is 11.6. The van der Waals surface area contributed by atoms with Crippen LogP contribution in [0.2, 0.25) is 0 Å². The predicted octanol–water partition coefficient (Wildman–Crippen LogP) is 3.77. The molecule has 3 heteroatoms. The van der Waals surface area contributed by atoms with Gasteiger partial charge in [0, 0.05) is 0 Å². The molecule has 0 spiro atoms. The maximum Gasteiger partial charge on any atom is 0.151 e. The van der Waals surface area contributed by atoms with Gasteiger partial charge in [-0.05, 0) is 17.5 Å². The van der Waals surface area contributed by atoms with Gasteiger partial charge in [0.2, 0.25) is 0 Å². The summed E-state index contributed by atoms with van der Waals surface area (Å²) >= 11 is 0. The quantitative estimate of drug-likeness (QED) is 0.661. The minimum atomic E-state index is -0.547. The van der Waals surface area contributed by atoms with Gasteiger partial charge in [-0.2, -0.15) is 0 Å². The van der Waals surface area contributed by atoms with Crippen LogP contribution in [0.25, 0.3) is 0 Å². The Kier molecular flexibility index (Phi) is 6.81. The van der Waals surface area contributed by atoms with Crippen LogP contribution in [0.5, 0.6) is 0 Å². The summed E-state index contributed by atoms with van der Waals surface area (Å²) in [7, 11) is 0. The van der Waals surface area contributed by atoms with Crippen LogP contribution >= 0.6 is 0 Å².